The largest absolute Gasteiger partial charge is 0.496 e. The van der Waals surface area contributed by atoms with E-state index in [0.717, 1.165) is 28.8 Å². The van der Waals surface area contributed by atoms with Gasteiger partial charge in [0.05, 0.1) is 17.8 Å². The Balaban J connectivity index is 2.37. The smallest absolute Gasteiger partial charge is 0.186 e. The zero-order valence-corrected chi connectivity index (χ0v) is 13.9. The minimum Gasteiger partial charge on any atom is -0.496 e. The van der Waals surface area contributed by atoms with E-state index in [1.807, 2.05) is 18.2 Å². The summed E-state index contributed by atoms with van der Waals surface area (Å²) < 4.78 is 11.0. The van der Waals surface area contributed by atoms with E-state index in [2.05, 4.69) is 31.8 Å². The average molecular weight is 360 g/mol. The van der Waals surface area contributed by atoms with Gasteiger partial charge in [-0.3, -0.25) is 5.43 Å². The van der Waals surface area contributed by atoms with Gasteiger partial charge in [0.2, 0.25) is 0 Å². The molecule has 0 spiro atoms. The molecule has 0 aliphatic heterocycles. The van der Waals surface area contributed by atoms with Gasteiger partial charge in [-0.05, 0) is 58.3 Å². The number of nitrogens with zero attached hydrogens (tertiary/aromatic N) is 1. The molecule has 0 fully saturated rings. The first-order chi connectivity index (χ1) is 9.67. The summed E-state index contributed by atoms with van der Waals surface area (Å²) in [6, 6.07) is 5.69. The lowest BCUT2D eigenvalue weighted by Gasteiger charge is -2.06. The highest BCUT2D eigenvalue weighted by atomic mass is 79.9. The summed E-state index contributed by atoms with van der Waals surface area (Å²) in [7, 11) is 3.30. The Morgan fingerprint density at radius 1 is 1.45 bits per heavy atom. The van der Waals surface area contributed by atoms with Crippen LogP contribution in [-0.2, 0) is 4.74 Å². The van der Waals surface area contributed by atoms with E-state index in [9.17, 15) is 0 Å². The highest BCUT2D eigenvalue weighted by Crippen LogP contribution is 2.24. The monoisotopic (exact) mass is 359 g/mol. The summed E-state index contributed by atoms with van der Waals surface area (Å²) in [5.41, 5.74) is 3.70. The van der Waals surface area contributed by atoms with Crippen LogP contribution in [0.5, 0.6) is 5.75 Å². The molecule has 7 heteroatoms. The van der Waals surface area contributed by atoms with Crippen molar-refractivity contribution < 1.29 is 9.47 Å². The molecule has 0 bridgehead atoms. The molecule has 1 aromatic rings. The molecule has 0 amide bonds. The number of halogens is 1. The van der Waals surface area contributed by atoms with Crippen LogP contribution in [0, 0.1) is 0 Å². The van der Waals surface area contributed by atoms with E-state index in [4.69, 9.17) is 21.7 Å². The number of thiocarbonyl (C=S) groups is 1. The highest BCUT2D eigenvalue weighted by Gasteiger charge is 1.99. The zero-order chi connectivity index (χ0) is 14.8. The van der Waals surface area contributed by atoms with Crippen molar-refractivity contribution in [2.45, 2.75) is 6.42 Å². The molecule has 1 aromatic carbocycles. The first-order valence-electron chi connectivity index (χ1n) is 6.06. The van der Waals surface area contributed by atoms with Crippen molar-refractivity contribution >= 4 is 39.5 Å². The Kier molecular flexibility index (Phi) is 8.17. The van der Waals surface area contributed by atoms with Gasteiger partial charge < -0.3 is 14.8 Å². The van der Waals surface area contributed by atoms with Crippen LogP contribution < -0.4 is 15.5 Å². The molecule has 0 aromatic heterocycles. The molecule has 0 heterocycles. The van der Waals surface area contributed by atoms with E-state index in [1.54, 1.807) is 20.4 Å². The number of methoxy groups -OCH3 is 2. The summed E-state index contributed by atoms with van der Waals surface area (Å²) in [4.78, 5) is 0. The minimum atomic E-state index is 0.491. The number of hydrogen-bond acceptors (Lipinski definition) is 4. The molecule has 0 atom stereocenters. The molecule has 0 radical (unpaired) electrons. The van der Waals surface area contributed by atoms with Gasteiger partial charge in [-0.25, -0.2) is 0 Å². The number of rotatable bonds is 7. The van der Waals surface area contributed by atoms with Gasteiger partial charge in [0.15, 0.2) is 5.11 Å². The van der Waals surface area contributed by atoms with Crippen LogP contribution in [-0.4, -0.2) is 38.7 Å². The fourth-order valence-corrected chi connectivity index (χ4v) is 2.10. The maximum atomic E-state index is 5.16. The lowest BCUT2D eigenvalue weighted by molar-refractivity contribution is 0.195. The Morgan fingerprint density at radius 2 is 2.25 bits per heavy atom. The van der Waals surface area contributed by atoms with Crippen LogP contribution in [0.2, 0.25) is 0 Å². The molecule has 0 saturated heterocycles. The lowest BCUT2D eigenvalue weighted by atomic mass is 10.2. The summed E-state index contributed by atoms with van der Waals surface area (Å²) in [5, 5.41) is 7.59. The zero-order valence-electron chi connectivity index (χ0n) is 11.5. The molecule has 0 unspecified atom stereocenters. The van der Waals surface area contributed by atoms with Crippen molar-refractivity contribution in [1.82, 2.24) is 10.7 Å². The standard InChI is InChI=1S/C13H18BrN3O2S/c1-18-7-3-6-15-13(20)17-16-9-10-4-5-12(19-2)11(14)8-10/h4-5,8-9H,3,6-7H2,1-2H3,(H2,15,17,20)/b16-9-. The normalized spacial score (nSPS) is 10.6. The van der Waals surface area contributed by atoms with Gasteiger partial charge in [-0.1, -0.05) is 0 Å². The van der Waals surface area contributed by atoms with Gasteiger partial charge in [0, 0.05) is 20.3 Å². The summed E-state index contributed by atoms with van der Waals surface area (Å²) in [6.07, 6.45) is 2.58. The number of benzene rings is 1. The average Bonchev–Trinajstić information content (AvgIpc) is 2.44. The second kappa shape index (κ2) is 9.68. The first-order valence-corrected chi connectivity index (χ1v) is 7.27. The third-order valence-electron chi connectivity index (χ3n) is 2.37. The predicted octanol–water partition coefficient (Wildman–Crippen LogP) is 2.29. The van der Waals surface area contributed by atoms with Gasteiger partial charge in [0.1, 0.15) is 5.75 Å². The van der Waals surface area contributed by atoms with Gasteiger partial charge in [-0.15, -0.1) is 0 Å². The Morgan fingerprint density at radius 3 is 2.90 bits per heavy atom. The summed E-state index contributed by atoms with van der Waals surface area (Å²) in [6.45, 7) is 1.46. The second-order valence-corrected chi connectivity index (χ2v) is 5.13. The third-order valence-corrected chi connectivity index (χ3v) is 3.22. The molecular weight excluding hydrogens is 342 g/mol. The van der Waals surface area contributed by atoms with Gasteiger partial charge >= 0.3 is 0 Å². The maximum Gasteiger partial charge on any atom is 0.186 e. The summed E-state index contributed by atoms with van der Waals surface area (Å²) >= 11 is 8.50. The van der Waals surface area contributed by atoms with Crippen molar-refractivity contribution in [3.63, 3.8) is 0 Å². The molecular formula is C13H18BrN3O2S. The van der Waals surface area contributed by atoms with Crippen molar-refractivity contribution in [2.75, 3.05) is 27.4 Å². The Labute approximate surface area is 132 Å². The van der Waals surface area contributed by atoms with Crippen molar-refractivity contribution in [3.05, 3.63) is 28.2 Å². The molecule has 5 nitrogen and oxygen atoms in total. The van der Waals surface area contributed by atoms with Crippen LogP contribution in [0.15, 0.2) is 27.8 Å². The van der Waals surface area contributed by atoms with Crippen LogP contribution in [0.3, 0.4) is 0 Å². The third kappa shape index (κ3) is 6.31. The predicted molar refractivity (Wildman–Crippen MR) is 88.5 cm³/mol. The molecule has 2 N–H and O–H groups in total. The highest BCUT2D eigenvalue weighted by molar-refractivity contribution is 9.10. The second-order valence-electron chi connectivity index (χ2n) is 3.87. The molecule has 20 heavy (non-hydrogen) atoms. The van der Waals surface area contributed by atoms with E-state index in [1.165, 1.54) is 0 Å². The topological polar surface area (TPSA) is 54.9 Å². The van der Waals surface area contributed by atoms with Crippen LogP contribution in [0.1, 0.15) is 12.0 Å². The number of hydrogen-bond donors (Lipinski definition) is 2. The molecule has 0 saturated carbocycles. The van der Waals surface area contributed by atoms with E-state index in [-0.39, 0.29) is 0 Å². The van der Waals surface area contributed by atoms with E-state index < -0.39 is 0 Å². The molecule has 110 valence electrons. The van der Waals surface area contributed by atoms with Gasteiger partial charge in [0.25, 0.3) is 0 Å². The maximum absolute atomic E-state index is 5.16. The fourth-order valence-electron chi connectivity index (χ4n) is 1.39. The molecule has 0 aliphatic carbocycles. The number of ether oxygens (including phenoxy) is 2. The lowest BCUT2D eigenvalue weighted by Crippen LogP contribution is -2.33. The molecule has 1 rings (SSSR count). The summed E-state index contributed by atoms with van der Waals surface area (Å²) in [5.74, 6) is 0.783. The quantitative estimate of drug-likeness (QED) is 0.338. The SMILES string of the molecule is COCCCNC(=S)N/N=C\c1ccc(OC)c(Br)c1. The van der Waals surface area contributed by atoms with Crippen molar-refractivity contribution in [2.24, 2.45) is 5.10 Å². The van der Waals surface area contributed by atoms with Crippen LogP contribution >= 0.6 is 28.1 Å². The van der Waals surface area contributed by atoms with E-state index in [0.29, 0.717) is 11.7 Å². The van der Waals surface area contributed by atoms with Crippen molar-refractivity contribution in [3.8, 4) is 5.75 Å². The fraction of sp³-hybridized carbons (Fsp3) is 0.385. The number of nitrogens with one attached hydrogen (secondary N) is 2. The van der Waals surface area contributed by atoms with E-state index >= 15 is 0 Å². The van der Waals surface area contributed by atoms with Crippen molar-refractivity contribution in [1.29, 1.82) is 0 Å². The molecule has 0 aliphatic rings. The minimum absolute atomic E-state index is 0.491. The Bertz CT molecular complexity index is 469. The van der Waals surface area contributed by atoms with Gasteiger partial charge in [-0.2, -0.15) is 5.10 Å². The van der Waals surface area contributed by atoms with Crippen LogP contribution in [0.25, 0.3) is 0 Å². The Hall–Kier alpha value is -1.18. The first kappa shape index (κ1) is 16.9. The number of hydrazone groups is 1. The van der Waals surface area contributed by atoms with Crippen LogP contribution in [0.4, 0.5) is 0 Å².